The van der Waals surface area contributed by atoms with Gasteiger partial charge in [-0.3, -0.25) is 19.7 Å². The van der Waals surface area contributed by atoms with Crippen molar-refractivity contribution in [2.75, 3.05) is 5.32 Å². The molecule has 30 heavy (non-hydrogen) atoms. The third kappa shape index (κ3) is 3.65. The van der Waals surface area contributed by atoms with E-state index in [0.29, 0.717) is 45.8 Å². The molecule has 1 aromatic carbocycles. The number of nitrogens with one attached hydrogen (secondary N) is 2. The van der Waals surface area contributed by atoms with Crippen LogP contribution in [0.5, 0.6) is 0 Å². The van der Waals surface area contributed by atoms with Gasteiger partial charge in [-0.1, -0.05) is 37.7 Å². The zero-order valence-electron chi connectivity index (χ0n) is 16.7. The highest BCUT2D eigenvalue weighted by atomic mass is 32.2. The van der Waals surface area contributed by atoms with Gasteiger partial charge in [0, 0.05) is 41.0 Å². The number of ketones is 1. The number of aromatic amines is 1. The number of carbonyl (C=O) groups is 1. The Labute approximate surface area is 177 Å². The minimum atomic E-state index is -0.594. The first kappa shape index (κ1) is 20.3. The first-order valence-corrected chi connectivity index (χ1v) is 10.9. The lowest BCUT2D eigenvalue weighted by Crippen LogP contribution is -2.32. The van der Waals surface area contributed by atoms with E-state index in [4.69, 9.17) is 0 Å². The zero-order valence-corrected chi connectivity index (χ0v) is 17.5. The summed E-state index contributed by atoms with van der Waals surface area (Å²) < 4.78 is 0. The van der Waals surface area contributed by atoms with Gasteiger partial charge in [-0.2, -0.15) is 0 Å². The molecule has 2 heterocycles. The molecule has 2 aromatic rings. The molecule has 0 saturated heterocycles. The maximum absolute atomic E-state index is 13.1. The predicted octanol–water partition coefficient (Wildman–Crippen LogP) is 4.13. The minimum absolute atomic E-state index is 0.00444. The monoisotopic (exact) mass is 426 g/mol. The summed E-state index contributed by atoms with van der Waals surface area (Å²) in [6, 6.07) is 6.04. The Morgan fingerprint density at radius 2 is 2.00 bits per heavy atom. The summed E-state index contributed by atoms with van der Waals surface area (Å²) in [6.45, 7) is 4.14. The third-order valence-electron chi connectivity index (χ3n) is 5.56. The normalized spacial score (nSPS) is 19.0. The lowest BCUT2D eigenvalue weighted by atomic mass is 9.76. The molecule has 0 amide bonds. The van der Waals surface area contributed by atoms with Gasteiger partial charge in [-0.25, -0.2) is 4.98 Å². The number of hydrogen-bond acceptors (Lipinski definition) is 7. The van der Waals surface area contributed by atoms with Crippen LogP contribution < -0.4 is 10.9 Å². The van der Waals surface area contributed by atoms with Gasteiger partial charge in [0.05, 0.1) is 10.5 Å². The van der Waals surface area contributed by atoms with Gasteiger partial charge in [-0.05, 0) is 24.8 Å². The molecule has 0 saturated carbocycles. The van der Waals surface area contributed by atoms with Crippen LogP contribution in [0.25, 0.3) is 0 Å². The molecule has 1 aromatic heterocycles. The number of hydrogen-bond donors (Lipinski definition) is 2. The molecular formula is C21H22N4O4S. The van der Waals surface area contributed by atoms with E-state index >= 15 is 0 Å². The zero-order chi connectivity index (χ0) is 21.4. The summed E-state index contributed by atoms with van der Waals surface area (Å²) in [5.41, 5.74) is 2.07. The summed E-state index contributed by atoms with van der Waals surface area (Å²) in [5.74, 6) is -0.139. The Balaban J connectivity index is 1.86. The number of Topliss-reactive ketones (excluding diaryl/α,β-unsaturated/α-hetero) is 1. The SMILES string of the molecule is CCC(C)Sc1nc2c(c(=O)[nH]1)C(c1ccc([N+](=O)[O-])cc1)C1=C(CCCC1=O)N2. The summed E-state index contributed by atoms with van der Waals surface area (Å²) in [4.78, 5) is 44.0. The van der Waals surface area contributed by atoms with Crippen molar-refractivity contribution in [3.8, 4) is 0 Å². The van der Waals surface area contributed by atoms with E-state index in [2.05, 4.69) is 29.1 Å². The molecule has 2 atom stereocenters. The summed E-state index contributed by atoms with van der Waals surface area (Å²) in [6.07, 6.45) is 2.80. The predicted molar refractivity (Wildman–Crippen MR) is 115 cm³/mol. The number of thioether (sulfide) groups is 1. The highest BCUT2D eigenvalue weighted by Gasteiger charge is 2.38. The van der Waals surface area contributed by atoms with E-state index in [1.54, 1.807) is 12.1 Å². The lowest BCUT2D eigenvalue weighted by molar-refractivity contribution is -0.384. The van der Waals surface area contributed by atoms with Crippen LogP contribution in [-0.2, 0) is 4.79 Å². The Kier molecular flexibility index (Phi) is 5.46. The van der Waals surface area contributed by atoms with Gasteiger partial charge in [0.25, 0.3) is 11.2 Å². The number of aromatic nitrogens is 2. The highest BCUT2D eigenvalue weighted by molar-refractivity contribution is 7.99. The van der Waals surface area contributed by atoms with Crippen LogP contribution in [0.3, 0.4) is 0 Å². The van der Waals surface area contributed by atoms with E-state index in [-0.39, 0.29) is 17.0 Å². The molecule has 2 aliphatic rings. The van der Waals surface area contributed by atoms with Gasteiger partial charge in [0.2, 0.25) is 0 Å². The highest BCUT2D eigenvalue weighted by Crippen LogP contribution is 2.43. The van der Waals surface area contributed by atoms with Crippen LogP contribution in [-0.4, -0.2) is 25.9 Å². The number of rotatable bonds is 5. The molecule has 156 valence electrons. The van der Waals surface area contributed by atoms with Crippen molar-refractivity contribution in [3.05, 3.63) is 67.1 Å². The van der Waals surface area contributed by atoms with E-state index < -0.39 is 10.8 Å². The van der Waals surface area contributed by atoms with Crippen LogP contribution in [0.1, 0.15) is 56.6 Å². The molecule has 1 aliphatic heterocycles. The maximum atomic E-state index is 13.1. The second kappa shape index (κ2) is 8.06. The molecule has 0 radical (unpaired) electrons. The standard InChI is InChI=1S/C21H22N4O4S/c1-3-11(2)30-21-23-19-18(20(27)24-21)16(12-7-9-13(10-8-12)25(28)29)17-14(22-19)5-4-6-15(17)26/h7-11,16H,3-6H2,1-2H3,(H2,22,23,24,27). The second-order valence-corrected chi connectivity index (χ2v) is 8.97. The van der Waals surface area contributed by atoms with Crippen molar-refractivity contribution in [2.24, 2.45) is 0 Å². The molecule has 2 unspecified atom stereocenters. The molecule has 8 nitrogen and oxygen atoms in total. The van der Waals surface area contributed by atoms with Crippen molar-refractivity contribution in [2.45, 2.75) is 55.9 Å². The van der Waals surface area contributed by atoms with E-state index in [0.717, 1.165) is 18.5 Å². The van der Waals surface area contributed by atoms with Gasteiger partial charge >= 0.3 is 0 Å². The summed E-state index contributed by atoms with van der Waals surface area (Å²) >= 11 is 1.50. The van der Waals surface area contributed by atoms with Crippen molar-refractivity contribution < 1.29 is 9.72 Å². The van der Waals surface area contributed by atoms with Gasteiger partial charge < -0.3 is 10.3 Å². The number of allylic oxidation sites excluding steroid dienone is 2. The first-order chi connectivity index (χ1) is 14.4. The fourth-order valence-electron chi connectivity index (χ4n) is 3.89. The van der Waals surface area contributed by atoms with Crippen LogP contribution in [0.4, 0.5) is 11.5 Å². The molecule has 0 bridgehead atoms. The number of non-ortho nitro benzene ring substituents is 1. The molecule has 9 heteroatoms. The number of nitro benzene ring substituents is 1. The Hall–Kier alpha value is -2.94. The number of nitrogens with zero attached hydrogens (tertiary/aromatic N) is 2. The number of benzene rings is 1. The van der Waals surface area contributed by atoms with Gasteiger partial charge in [-0.15, -0.1) is 0 Å². The number of carbonyl (C=O) groups excluding carboxylic acids is 1. The van der Waals surface area contributed by atoms with E-state index in [1.807, 2.05) is 0 Å². The number of H-pyrrole nitrogens is 1. The fraction of sp³-hybridized carbons (Fsp3) is 0.381. The van der Waals surface area contributed by atoms with Crippen molar-refractivity contribution in [1.29, 1.82) is 0 Å². The number of fused-ring (bicyclic) bond motifs is 1. The molecule has 1 aliphatic carbocycles. The Bertz CT molecular complexity index is 1110. The lowest BCUT2D eigenvalue weighted by Gasteiger charge is -2.32. The Morgan fingerprint density at radius 3 is 2.67 bits per heavy atom. The molecule has 0 spiro atoms. The molecule has 4 rings (SSSR count). The quantitative estimate of drug-likeness (QED) is 0.319. The van der Waals surface area contributed by atoms with Gasteiger partial charge in [0.1, 0.15) is 5.82 Å². The smallest absolute Gasteiger partial charge is 0.269 e. The van der Waals surface area contributed by atoms with Crippen LogP contribution in [0.2, 0.25) is 0 Å². The molecule has 0 fully saturated rings. The molecule has 2 N–H and O–H groups in total. The topological polar surface area (TPSA) is 118 Å². The first-order valence-electron chi connectivity index (χ1n) is 9.97. The van der Waals surface area contributed by atoms with E-state index in [1.165, 1.54) is 23.9 Å². The average molecular weight is 426 g/mol. The minimum Gasteiger partial charge on any atom is -0.343 e. The largest absolute Gasteiger partial charge is 0.343 e. The second-order valence-electron chi connectivity index (χ2n) is 7.55. The summed E-state index contributed by atoms with van der Waals surface area (Å²) in [7, 11) is 0. The third-order valence-corrected chi connectivity index (χ3v) is 6.71. The van der Waals surface area contributed by atoms with Gasteiger partial charge in [0.15, 0.2) is 10.9 Å². The Morgan fingerprint density at radius 1 is 1.27 bits per heavy atom. The van der Waals surface area contributed by atoms with Crippen molar-refractivity contribution >= 4 is 29.1 Å². The van der Waals surface area contributed by atoms with Crippen LogP contribution in [0, 0.1) is 10.1 Å². The average Bonchev–Trinajstić information content (AvgIpc) is 2.72. The fourth-order valence-corrected chi connectivity index (χ4v) is 4.74. The van der Waals surface area contributed by atoms with Crippen LogP contribution in [0.15, 0.2) is 45.5 Å². The molecular weight excluding hydrogens is 404 g/mol. The van der Waals surface area contributed by atoms with Crippen molar-refractivity contribution in [3.63, 3.8) is 0 Å². The number of nitro groups is 1. The maximum Gasteiger partial charge on any atom is 0.269 e. The van der Waals surface area contributed by atoms with E-state index in [9.17, 15) is 19.7 Å². The van der Waals surface area contributed by atoms with Crippen molar-refractivity contribution in [1.82, 2.24) is 9.97 Å². The van der Waals surface area contributed by atoms with Crippen LogP contribution >= 0.6 is 11.8 Å². The number of anilines is 1. The summed E-state index contributed by atoms with van der Waals surface area (Å²) in [5, 5.41) is 15.1.